The molecule has 1 aromatic rings. The number of hydrogen-bond acceptors (Lipinski definition) is 5. The molecule has 4 aliphatic carbocycles. The van der Waals surface area contributed by atoms with E-state index in [9.17, 15) is 9.90 Å². The summed E-state index contributed by atoms with van der Waals surface area (Å²) < 4.78 is 0. The van der Waals surface area contributed by atoms with Crippen molar-refractivity contribution >= 4 is 22.3 Å². The molecule has 0 radical (unpaired) electrons. The van der Waals surface area contributed by atoms with Crippen molar-refractivity contribution in [3.63, 3.8) is 0 Å². The van der Waals surface area contributed by atoms with Gasteiger partial charge in [-0.15, -0.1) is 11.3 Å². The number of carbonyl (C=O) groups is 1. The topological polar surface area (TPSA) is 62.2 Å². The number of rotatable bonds is 3. The van der Waals surface area contributed by atoms with Gasteiger partial charge in [-0.2, -0.15) is 0 Å². The van der Waals surface area contributed by atoms with Crippen LogP contribution in [0.1, 0.15) is 77.8 Å². The SMILES string of the molecule is CCNc1nc([C@@]2(O)CC[C@H]3[C@@H]4CCC5=CC(=O)CC[C@]5(C)[C@H]4CC[C@@]32C)cs1. The number of thiazole rings is 1. The Morgan fingerprint density at radius 3 is 2.76 bits per heavy atom. The number of fused-ring (bicyclic) bond motifs is 5. The predicted octanol–water partition coefficient (Wildman–Crippen LogP) is 5.29. The fourth-order valence-corrected chi connectivity index (χ4v) is 8.54. The molecule has 0 bridgehead atoms. The zero-order valence-electron chi connectivity index (χ0n) is 18.0. The van der Waals surface area contributed by atoms with Gasteiger partial charge in [-0.3, -0.25) is 4.79 Å². The molecule has 158 valence electrons. The van der Waals surface area contributed by atoms with Crippen LogP contribution < -0.4 is 5.32 Å². The number of hydrogen-bond donors (Lipinski definition) is 2. The maximum atomic E-state index is 12.0. The first kappa shape index (κ1) is 19.7. The van der Waals surface area contributed by atoms with Crippen molar-refractivity contribution in [3.05, 3.63) is 22.7 Å². The number of aliphatic hydroxyl groups is 1. The summed E-state index contributed by atoms with van der Waals surface area (Å²) in [5.41, 5.74) is 1.58. The Labute approximate surface area is 178 Å². The molecular weight excluding hydrogens is 380 g/mol. The van der Waals surface area contributed by atoms with Crippen LogP contribution in [0.15, 0.2) is 17.0 Å². The highest BCUT2D eigenvalue weighted by atomic mass is 32.1. The quantitative estimate of drug-likeness (QED) is 0.705. The Kier molecular flexibility index (Phi) is 4.53. The van der Waals surface area contributed by atoms with Crippen LogP contribution in [-0.4, -0.2) is 22.4 Å². The van der Waals surface area contributed by atoms with E-state index in [1.54, 1.807) is 11.3 Å². The lowest BCUT2D eigenvalue weighted by Gasteiger charge is -2.59. The van der Waals surface area contributed by atoms with Gasteiger partial charge in [-0.1, -0.05) is 19.4 Å². The summed E-state index contributed by atoms with van der Waals surface area (Å²) >= 11 is 1.61. The van der Waals surface area contributed by atoms with E-state index in [2.05, 4.69) is 31.5 Å². The zero-order valence-corrected chi connectivity index (χ0v) is 18.8. The Morgan fingerprint density at radius 1 is 1.17 bits per heavy atom. The molecule has 0 saturated heterocycles. The van der Waals surface area contributed by atoms with Crippen molar-refractivity contribution in [1.82, 2.24) is 4.98 Å². The van der Waals surface area contributed by atoms with Gasteiger partial charge in [0, 0.05) is 23.8 Å². The normalized spacial score (nSPS) is 43.9. The van der Waals surface area contributed by atoms with Gasteiger partial charge in [0.15, 0.2) is 10.9 Å². The van der Waals surface area contributed by atoms with E-state index in [1.165, 1.54) is 12.0 Å². The standard InChI is InChI=1S/C24H34N2O2S/c1-4-25-21-26-20(14-29-21)24(28)12-9-19-17-6-5-15-13-16(27)7-10-22(15,2)18(17)8-11-23(19,24)3/h13-14,17-19,28H,4-12H2,1-3H3,(H,25,26)/t17-,18+,19+,22+,23+,24+/m1/s1. The number of nitrogens with one attached hydrogen (secondary N) is 1. The van der Waals surface area contributed by atoms with Gasteiger partial charge in [0.25, 0.3) is 0 Å². The first-order chi connectivity index (χ1) is 13.8. The van der Waals surface area contributed by atoms with E-state index in [0.717, 1.165) is 55.9 Å². The molecular formula is C24H34N2O2S. The molecule has 4 aliphatic rings. The average Bonchev–Trinajstić information content (AvgIpc) is 3.26. The van der Waals surface area contributed by atoms with Crippen molar-refractivity contribution in [1.29, 1.82) is 0 Å². The van der Waals surface area contributed by atoms with Crippen molar-refractivity contribution in [3.8, 4) is 0 Å². The molecule has 5 rings (SSSR count). The largest absolute Gasteiger partial charge is 0.383 e. The first-order valence-electron chi connectivity index (χ1n) is 11.5. The fraction of sp³-hybridized carbons (Fsp3) is 0.750. The van der Waals surface area contributed by atoms with Crippen molar-refractivity contribution in [2.45, 2.75) is 77.7 Å². The summed E-state index contributed by atoms with van der Waals surface area (Å²) in [4.78, 5) is 16.8. The highest BCUT2D eigenvalue weighted by molar-refractivity contribution is 7.13. The van der Waals surface area contributed by atoms with E-state index in [1.807, 2.05) is 6.08 Å². The van der Waals surface area contributed by atoms with Crippen LogP contribution in [0.3, 0.4) is 0 Å². The zero-order chi connectivity index (χ0) is 20.4. The molecule has 5 heteroatoms. The molecule has 0 amide bonds. The second-order valence-corrected chi connectivity index (χ2v) is 11.3. The maximum absolute atomic E-state index is 12.0. The number of aromatic nitrogens is 1. The summed E-state index contributed by atoms with van der Waals surface area (Å²) in [5, 5.41) is 18.3. The molecule has 0 spiro atoms. The average molecular weight is 415 g/mol. The van der Waals surface area contributed by atoms with E-state index >= 15 is 0 Å². The number of carbonyl (C=O) groups excluding carboxylic acids is 1. The minimum absolute atomic E-state index is 0.103. The summed E-state index contributed by atoms with van der Waals surface area (Å²) in [5.74, 6) is 2.19. The molecule has 0 unspecified atom stereocenters. The van der Waals surface area contributed by atoms with Crippen LogP contribution in [0.5, 0.6) is 0 Å². The number of nitrogens with zero attached hydrogens (tertiary/aromatic N) is 1. The van der Waals surface area contributed by atoms with Crippen LogP contribution in [0.2, 0.25) is 0 Å². The van der Waals surface area contributed by atoms with Crippen LogP contribution in [0.25, 0.3) is 0 Å². The van der Waals surface area contributed by atoms with Gasteiger partial charge < -0.3 is 10.4 Å². The monoisotopic (exact) mass is 414 g/mol. The fourth-order valence-electron chi connectivity index (χ4n) is 7.69. The van der Waals surface area contributed by atoms with Crippen LogP contribution in [0.4, 0.5) is 5.13 Å². The van der Waals surface area contributed by atoms with Gasteiger partial charge in [0.05, 0.1) is 5.69 Å². The minimum Gasteiger partial charge on any atom is -0.383 e. The highest BCUT2D eigenvalue weighted by Gasteiger charge is 2.65. The molecule has 2 N–H and O–H groups in total. The Bertz CT molecular complexity index is 863. The lowest BCUT2D eigenvalue weighted by molar-refractivity contribution is -0.135. The van der Waals surface area contributed by atoms with E-state index in [0.29, 0.717) is 30.0 Å². The molecule has 1 heterocycles. The smallest absolute Gasteiger partial charge is 0.182 e. The van der Waals surface area contributed by atoms with Gasteiger partial charge >= 0.3 is 0 Å². The molecule has 4 nitrogen and oxygen atoms in total. The van der Waals surface area contributed by atoms with Gasteiger partial charge in [-0.25, -0.2) is 4.98 Å². The Balaban J connectivity index is 1.46. The molecule has 0 aliphatic heterocycles. The van der Waals surface area contributed by atoms with Crippen molar-refractivity contribution in [2.24, 2.45) is 28.6 Å². The molecule has 3 saturated carbocycles. The summed E-state index contributed by atoms with van der Waals surface area (Å²) in [6.45, 7) is 7.70. The van der Waals surface area contributed by atoms with Gasteiger partial charge in [0.1, 0.15) is 5.60 Å². The lowest BCUT2D eigenvalue weighted by Crippen LogP contribution is -2.53. The van der Waals surface area contributed by atoms with E-state index in [4.69, 9.17) is 4.98 Å². The van der Waals surface area contributed by atoms with Gasteiger partial charge in [0.2, 0.25) is 0 Å². The van der Waals surface area contributed by atoms with Crippen LogP contribution in [-0.2, 0) is 10.4 Å². The summed E-state index contributed by atoms with van der Waals surface area (Å²) in [6.07, 6.45) is 10.1. The molecule has 0 aromatic carbocycles. The van der Waals surface area contributed by atoms with Gasteiger partial charge in [-0.05, 0) is 81.1 Å². The van der Waals surface area contributed by atoms with Crippen molar-refractivity contribution in [2.75, 3.05) is 11.9 Å². The summed E-state index contributed by atoms with van der Waals surface area (Å²) in [6, 6.07) is 0. The predicted molar refractivity (Wildman–Crippen MR) is 117 cm³/mol. The Hall–Kier alpha value is -1.20. The highest BCUT2D eigenvalue weighted by Crippen LogP contribution is 2.69. The van der Waals surface area contributed by atoms with Crippen LogP contribution in [0, 0.1) is 28.6 Å². The van der Waals surface area contributed by atoms with Crippen LogP contribution >= 0.6 is 11.3 Å². The third-order valence-electron chi connectivity index (χ3n) is 9.37. The third-order valence-corrected chi connectivity index (χ3v) is 10.2. The van der Waals surface area contributed by atoms with Crippen molar-refractivity contribution < 1.29 is 9.90 Å². The lowest BCUT2D eigenvalue weighted by atomic mass is 9.46. The first-order valence-corrected chi connectivity index (χ1v) is 12.4. The molecule has 29 heavy (non-hydrogen) atoms. The van der Waals surface area contributed by atoms with E-state index in [-0.39, 0.29) is 10.8 Å². The second-order valence-electron chi connectivity index (χ2n) is 10.4. The third kappa shape index (κ3) is 2.65. The molecule has 3 fully saturated rings. The second kappa shape index (κ2) is 6.65. The maximum Gasteiger partial charge on any atom is 0.182 e. The summed E-state index contributed by atoms with van der Waals surface area (Å²) in [7, 11) is 0. The number of anilines is 1. The number of ketones is 1. The number of allylic oxidation sites excluding steroid dienone is 1. The van der Waals surface area contributed by atoms with E-state index < -0.39 is 5.60 Å². The minimum atomic E-state index is -0.813. The molecule has 1 aromatic heterocycles. The Morgan fingerprint density at radius 2 is 1.97 bits per heavy atom. The molecule has 6 atom stereocenters.